The maximum absolute atomic E-state index is 6.05. The lowest BCUT2D eigenvalue weighted by atomic mass is 10.1. The Bertz CT molecular complexity index is 454. The summed E-state index contributed by atoms with van der Waals surface area (Å²) >= 11 is 6.05. The number of benzene rings is 1. The van der Waals surface area contributed by atoms with Crippen molar-refractivity contribution in [2.75, 3.05) is 0 Å². The zero-order valence-electron chi connectivity index (χ0n) is 8.02. The van der Waals surface area contributed by atoms with Gasteiger partial charge < -0.3 is 5.73 Å². The lowest BCUT2D eigenvalue weighted by Gasteiger charge is -2.03. The Morgan fingerprint density at radius 2 is 1.80 bits per heavy atom. The van der Waals surface area contributed by atoms with Gasteiger partial charge in [0, 0.05) is 28.5 Å². The highest BCUT2D eigenvalue weighted by Gasteiger charge is 2.03. The van der Waals surface area contributed by atoms with E-state index in [0.29, 0.717) is 17.4 Å². The van der Waals surface area contributed by atoms with Gasteiger partial charge in [0.2, 0.25) is 0 Å². The van der Waals surface area contributed by atoms with Gasteiger partial charge >= 0.3 is 0 Å². The molecule has 1 aromatic heterocycles. The van der Waals surface area contributed by atoms with E-state index in [0.717, 1.165) is 11.1 Å². The minimum Gasteiger partial charge on any atom is -0.324 e. The minimum absolute atomic E-state index is 0.350. The molecule has 0 unspecified atom stereocenters. The number of nitrogens with zero attached hydrogens (tertiary/aromatic N) is 2. The topological polar surface area (TPSA) is 51.8 Å². The number of hydrogen-bond donors (Lipinski definition) is 1. The zero-order valence-corrected chi connectivity index (χ0v) is 8.78. The Hall–Kier alpha value is -1.45. The van der Waals surface area contributed by atoms with Crippen molar-refractivity contribution in [3.8, 4) is 11.1 Å². The van der Waals surface area contributed by atoms with E-state index in [1.165, 1.54) is 0 Å². The highest BCUT2D eigenvalue weighted by molar-refractivity contribution is 6.33. The maximum atomic E-state index is 6.05. The number of halogens is 1. The second kappa shape index (κ2) is 4.38. The number of hydrogen-bond acceptors (Lipinski definition) is 3. The monoisotopic (exact) mass is 219 g/mol. The van der Waals surface area contributed by atoms with Crippen LogP contribution in [0.5, 0.6) is 0 Å². The van der Waals surface area contributed by atoms with Crippen LogP contribution in [-0.2, 0) is 6.54 Å². The van der Waals surface area contributed by atoms with Gasteiger partial charge in [0.25, 0.3) is 0 Å². The number of aromatic nitrogens is 2. The van der Waals surface area contributed by atoms with Crippen LogP contribution in [0.1, 0.15) is 5.82 Å². The van der Waals surface area contributed by atoms with Crippen LogP contribution in [0.2, 0.25) is 5.02 Å². The Morgan fingerprint density at radius 3 is 2.40 bits per heavy atom. The second-order valence-corrected chi connectivity index (χ2v) is 3.48. The Morgan fingerprint density at radius 1 is 1.13 bits per heavy atom. The quantitative estimate of drug-likeness (QED) is 0.843. The van der Waals surface area contributed by atoms with E-state index in [4.69, 9.17) is 17.3 Å². The molecule has 0 amide bonds. The van der Waals surface area contributed by atoms with Crippen LogP contribution >= 0.6 is 11.6 Å². The molecule has 0 spiro atoms. The molecule has 3 nitrogen and oxygen atoms in total. The molecule has 1 heterocycles. The molecule has 0 fully saturated rings. The number of nitrogens with two attached hydrogens (primary N) is 1. The first-order valence-electron chi connectivity index (χ1n) is 4.57. The van der Waals surface area contributed by atoms with Crippen LogP contribution < -0.4 is 5.73 Å². The van der Waals surface area contributed by atoms with Gasteiger partial charge in [-0.1, -0.05) is 29.8 Å². The normalized spacial score (nSPS) is 10.3. The Kier molecular flexibility index (Phi) is 2.94. The first kappa shape index (κ1) is 10.1. The summed E-state index contributed by atoms with van der Waals surface area (Å²) in [6.07, 6.45) is 3.47. The van der Waals surface area contributed by atoms with Crippen molar-refractivity contribution in [2.45, 2.75) is 6.54 Å². The van der Waals surface area contributed by atoms with E-state index in [1.807, 2.05) is 24.3 Å². The molecule has 0 aliphatic rings. The molecule has 0 saturated heterocycles. The summed E-state index contributed by atoms with van der Waals surface area (Å²) in [6.45, 7) is 0.350. The molecule has 0 radical (unpaired) electrons. The van der Waals surface area contributed by atoms with Crippen LogP contribution in [0.25, 0.3) is 11.1 Å². The third-order valence-electron chi connectivity index (χ3n) is 2.07. The van der Waals surface area contributed by atoms with E-state index in [1.54, 1.807) is 12.4 Å². The fraction of sp³-hybridized carbons (Fsp3) is 0.0909. The van der Waals surface area contributed by atoms with Gasteiger partial charge in [0.1, 0.15) is 5.82 Å². The summed E-state index contributed by atoms with van der Waals surface area (Å²) in [5.41, 5.74) is 7.25. The molecule has 0 atom stereocenters. The third-order valence-corrected chi connectivity index (χ3v) is 2.40. The summed E-state index contributed by atoms with van der Waals surface area (Å²) in [7, 11) is 0. The van der Waals surface area contributed by atoms with Crippen molar-refractivity contribution < 1.29 is 0 Å². The largest absolute Gasteiger partial charge is 0.324 e. The number of rotatable bonds is 2. The van der Waals surface area contributed by atoms with Crippen LogP contribution in [0.15, 0.2) is 36.7 Å². The fourth-order valence-electron chi connectivity index (χ4n) is 1.29. The van der Waals surface area contributed by atoms with Crippen LogP contribution in [0, 0.1) is 0 Å². The average molecular weight is 220 g/mol. The van der Waals surface area contributed by atoms with Crippen molar-refractivity contribution in [1.82, 2.24) is 9.97 Å². The molecule has 4 heteroatoms. The lowest BCUT2D eigenvalue weighted by Crippen LogP contribution is -2.02. The molecule has 15 heavy (non-hydrogen) atoms. The predicted molar refractivity (Wildman–Crippen MR) is 60.4 cm³/mol. The van der Waals surface area contributed by atoms with Gasteiger partial charge in [-0.3, -0.25) is 0 Å². The van der Waals surface area contributed by atoms with E-state index in [9.17, 15) is 0 Å². The van der Waals surface area contributed by atoms with Gasteiger partial charge in [0.15, 0.2) is 0 Å². The van der Waals surface area contributed by atoms with Crippen LogP contribution in [0.4, 0.5) is 0 Å². The standard InChI is InChI=1S/C11H10ClN3/c12-10-4-2-1-3-9(10)8-6-14-11(5-13)15-7-8/h1-4,6-7H,5,13H2. The molecular formula is C11H10ClN3. The van der Waals surface area contributed by atoms with Crippen LogP contribution in [-0.4, -0.2) is 9.97 Å². The van der Waals surface area contributed by atoms with Gasteiger partial charge in [-0.2, -0.15) is 0 Å². The van der Waals surface area contributed by atoms with Crippen molar-refractivity contribution in [3.63, 3.8) is 0 Å². The summed E-state index contributed by atoms with van der Waals surface area (Å²) < 4.78 is 0. The minimum atomic E-state index is 0.350. The maximum Gasteiger partial charge on any atom is 0.141 e. The third kappa shape index (κ3) is 2.14. The zero-order chi connectivity index (χ0) is 10.7. The van der Waals surface area contributed by atoms with Crippen molar-refractivity contribution in [2.24, 2.45) is 5.73 Å². The highest BCUT2D eigenvalue weighted by Crippen LogP contribution is 2.25. The van der Waals surface area contributed by atoms with Crippen molar-refractivity contribution >= 4 is 11.6 Å². The first-order valence-corrected chi connectivity index (χ1v) is 4.95. The summed E-state index contributed by atoms with van der Waals surface area (Å²) in [6, 6.07) is 7.59. The van der Waals surface area contributed by atoms with Crippen molar-refractivity contribution in [3.05, 3.63) is 47.5 Å². The van der Waals surface area contributed by atoms with Gasteiger partial charge in [-0.15, -0.1) is 0 Å². The molecule has 0 aliphatic heterocycles. The molecule has 76 valence electrons. The summed E-state index contributed by atoms with van der Waals surface area (Å²) in [5.74, 6) is 0.630. The molecule has 0 bridgehead atoms. The molecule has 0 saturated carbocycles. The van der Waals surface area contributed by atoms with Gasteiger partial charge in [0.05, 0.1) is 6.54 Å². The molecule has 2 N–H and O–H groups in total. The predicted octanol–water partition coefficient (Wildman–Crippen LogP) is 2.26. The molecule has 0 aliphatic carbocycles. The molecule has 2 aromatic rings. The first-order chi connectivity index (χ1) is 7.31. The lowest BCUT2D eigenvalue weighted by molar-refractivity contribution is 0.910. The molecule has 1 aromatic carbocycles. The van der Waals surface area contributed by atoms with Gasteiger partial charge in [-0.25, -0.2) is 9.97 Å². The van der Waals surface area contributed by atoms with E-state index < -0.39 is 0 Å². The second-order valence-electron chi connectivity index (χ2n) is 3.07. The SMILES string of the molecule is NCc1ncc(-c2ccccc2Cl)cn1. The van der Waals surface area contributed by atoms with E-state index in [2.05, 4.69) is 9.97 Å². The molecular weight excluding hydrogens is 210 g/mol. The van der Waals surface area contributed by atoms with E-state index in [-0.39, 0.29) is 0 Å². The van der Waals surface area contributed by atoms with Gasteiger partial charge in [-0.05, 0) is 6.07 Å². The fourth-order valence-corrected chi connectivity index (χ4v) is 1.54. The smallest absolute Gasteiger partial charge is 0.141 e. The summed E-state index contributed by atoms with van der Waals surface area (Å²) in [5, 5.41) is 0.696. The summed E-state index contributed by atoms with van der Waals surface area (Å²) in [4.78, 5) is 8.24. The molecule has 2 rings (SSSR count). The van der Waals surface area contributed by atoms with E-state index >= 15 is 0 Å². The van der Waals surface area contributed by atoms with Crippen molar-refractivity contribution in [1.29, 1.82) is 0 Å². The Balaban J connectivity index is 2.42. The highest BCUT2D eigenvalue weighted by atomic mass is 35.5. The Labute approximate surface area is 92.9 Å². The average Bonchev–Trinajstić information content (AvgIpc) is 2.30. The van der Waals surface area contributed by atoms with Crippen LogP contribution in [0.3, 0.4) is 0 Å².